The Bertz CT molecular complexity index is 861. The van der Waals surface area contributed by atoms with Crippen LogP contribution in [-0.2, 0) is 9.53 Å². The Morgan fingerprint density at radius 2 is 2.19 bits per heavy atom. The van der Waals surface area contributed by atoms with Gasteiger partial charge in [-0.15, -0.1) is 0 Å². The first-order valence-electron chi connectivity index (χ1n) is 9.24. The number of dihydropyridines is 1. The second-order valence-electron chi connectivity index (χ2n) is 7.33. The van der Waals surface area contributed by atoms with E-state index in [2.05, 4.69) is 38.8 Å². The summed E-state index contributed by atoms with van der Waals surface area (Å²) in [4.78, 5) is 16.8. The summed E-state index contributed by atoms with van der Waals surface area (Å²) in [6.45, 7) is 10.2. The topological polar surface area (TPSA) is 44.8 Å². The van der Waals surface area contributed by atoms with E-state index < -0.39 is 0 Å². The van der Waals surface area contributed by atoms with E-state index in [0.29, 0.717) is 18.7 Å². The van der Waals surface area contributed by atoms with Crippen LogP contribution in [0.25, 0.3) is 0 Å². The number of nitrogens with one attached hydrogen (secondary N) is 1. The van der Waals surface area contributed by atoms with Gasteiger partial charge < -0.3 is 15.0 Å². The van der Waals surface area contributed by atoms with Crippen LogP contribution >= 0.6 is 15.9 Å². The van der Waals surface area contributed by atoms with Crippen LogP contribution < -0.4 is 10.2 Å². The SMILES string of the molecule is C=CC(=O)N(C1=CC=C(N2CC3CC2CO3)CN1)c1cc(C)c(Br)cc1C. The lowest BCUT2D eigenvalue weighted by molar-refractivity contribution is -0.113. The quantitative estimate of drug-likeness (QED) is 0.744. The fraction of sp³-hybridized carbons (Fsp3) is 0.381. The maximum Gasteiger partial charge on any atom is 0.256 e. The van der Waals surface area contributed by atoms with Crippen LogP contribution in [0.3, 0.4) is 0 Å². The van der Waals surface area contributed by atoms with Crippen molar-refractivity contribution in [1.82, 2.24) is 10.2 Å². The van der Waals surface area contributed by atoms with Crippen LogP contribution in [0.1, 0.15) is 17.5 Å². The van der Waals surface area contributed by atoms with Crippen molar-refractivity contribution >= 4 is 27.5 Å². The number of carbonyl (C=O) groups excluding carboxylic acids is 1. The summed E-state index contributed by atoms with van der Waals surface area (Å²) in [5, 5.41) is 3.44. The van der Waals surface area contributed by atoms with Crippen LogP contribution in [0.15, 0.2) is 52.9 Å². The van der Waals surface area contributed by atoms with Gasteiger partial charge in [-0.1, -0.05) is 22.5 Å². The van der Waals surface area contributed by atoms with Crippen molar-refractivity contribution in [2.45, 2.75) is 32.4 Å². The molecule has 142 valence electrons. The largest absolute Gasteiger partial charge is 0.374 e. The molecule has 3 heterocycles. The second kappa shape index (κ2) is 7.17. The Hall–Kier alpha value is -2.05. The lowest BCUT2D eigenvalue weighted by Gasteiger charge is -2.35. The number of halogens is 1. The normalized spacial score (nSPS) is 23.6. The fourth-order valence-corrected chi connectivity index (χ4v) is 4.50. The molecule has 4 rings (SSSR count). The maximum atomic E-state index is 12.7. The summed E-state index contributed by atoms with van der Waals surface area (Å²) in [5.74, 6) is 0.623. The smallest absolute Gasteiger partial charge is 0.256 e. The number of hydrogen-bond acceptors (Lipinski definition) is 4. The predicted octanol–water partition coefficient (Wildman–Crippen LogP) is 3.39. The van der Waals surface area contributed by atoms with E-state index in [1.807, 2.05) is 32.1 Å². The Balaban J connectivity index is 1.65. The highest BCUT2D eigenvalue weighted by molar-refractivity contribution is 9.10. The van der Waals surface area contributed by atoms with Crippen LogP contribution in [0, 0.1) is 13.8 Å². The van der Waals surface area contributed by atoms with Gasteiger partial charge in [0.2, 0.25) is 0 Å². The van der Waals surface area contributed by atoms with Gasteiger partial charge >= 0.3 is 0 Å². The van der Waals surface area contributed by atoms with Gasteiger partial charge in [-0.25, -0.2) is 0 Å². The summed E-state index contributed by atoms with van der Waals surface area (Å²) < 4.78 is 6.73. The summed E-state index contributed by atoms with van der Waals surface area (Å²) in [6, 6.07) is 4.55. The molecule has 27 heavy (non-hydrogen) atoms. The minimum atomic E-state index is -0.149. The number of amides is 1. The van der Waals surface area contributed by atoms with E-state index in [4.69, 9.17) is 4.74 Å². The number of morpholine rings is 1. The molecule has 0 aliphatic carbocycles. The van der Waals surface area contributed by atoms with Gasteiger partial charge in [-0.05, 0) is 61.8 Å². The van der Waals surface area contributed by atoms with E-state index in [0.717, 1.165) is 46.7 Å². The molecule has 2 bridgehead atoms. The molecule has 3 aliphatic heterocycles. The summed E-state index contributed by atoms with van der Waals surface area (Å²) in [6.07, 6.45) is 6.95. The van der Waals surface area contributed by atoms with E-state index in [1.165, 1.54) is 11.8 Å². The van der Waals surface area contributed by atoms with Crippen LogP contribution in [0.2, 0.25) is 0 Å². The molecule has 2 atom stereocenters. The number of carbonyl (C=O) groups is 1. The van der Waals surface area contributed by atoms with Crippen LogP contribution in [0.5, 0.6) is 0 Å². The highest BCUT2D eigenvalue weighted by Crippen LogP contribution is 2.33. The number of allylic oxidation sites excluding steroid dienone is 2. The van der Waals surface area contributed by atoms with Gasteiger partial charge in [-0.3, -0.25) is 9.69 Å². The molecular weight excluding hydrogens is 406 g/mol. The third kappa shape index (κ3) is 3.32. The van der Waals surface area contributed by atoms with E-state index in [1.54, 1.807) is 4.90 Å². The Morgan fingerprint density at radius 3 is 2.78 bits per heavy atom. The molecule has 0 saturated carbocycles. The van der Waals surface area contributed by atoms with Gasteiger partial charge in [0.1, 0.15) is 5.82 Å². The summed E-state index contributed by atoms with van der Waals surface area (Å²) >= 11 is 3.56. The van der Waals surface area contributed by atoms with Gasteiger partial charge in [0, 0.05) is 16.7 Å². The van der Waals surface area contributed by atoms with Gasteiger partial charge in [0.15, 0.2) is 0 Å². The maximum absolute atomic E-state index is 12.7. The van der Waals surface area contributed by atoms with Gasteiger partial charge in [0.25, 0.3) is 5.91 Å². The number of rotatable bonds is 4. The van der Waals surface area contributed by atoms with E-state index >= 15 is 0 Å². The molecule has 3 aliphatic rings. The number of likely N-dealkylation sites (tertiary alicyclic amines) is 1. The zero-order chi connectivity index (χ0) is 19.1. The minimum absolute atomic E-state index is 0.149. The molecule has 1 aromatic carbocycles. The Morgan fingerprint density at radius 1 is 1.37 bits per heavy atom. The zero-order valence-corrected chi connectivity index (χ0v) is 17.3. The lowest BCUT2D eigenvalue weighted by atomic mass is 10.1. The van der Waals surface area contributed by atoms with Crippen molar-refractivity contribution in [3.8, 4) is 0 Å². The number of hydrogen-bond donors (Lipinski definition) is 1. The van der Waals surface area contributed by atoms with E-state index in [-0.39, 0.29) is 5.91 Å². The number of aryl methyl sites for hydroxylation is 2. The average molecular weight is 430 g/mol. The van der Waals surface area contributed by atoms with Gasteiger partial charge in [-0.2, -0.15) is 0 Å². The van der Waals surface area contributed by atoms with Crippen molar-refractivity contribution < 1.29 is 9.53 Å². The zero-order valence-electron chi connectivity index (χ0n) is 15.7. The molecule has 1 aromatic rings. The fourth-order valence-electron chi connectivity index (χ4n) is 4.04. The van der Waals surface area contributed by atoms with E-state index in [9.17, 15) is 4.79 Å². The molecule has 2 fully saturated rings. The molecule has 1 N–H and O–H groups in total. The van der Waals surface area contributed by atoms with Crippen molar-refractivity contribution in [2.24, 2.45) is 0 Å². The van der Waals surface area contributed by atoms with Crippen molar-refractivity contribution in [2.75, 3.05) is 24.6 Å². The molecule has 0 radical (unpaired) electrons. The molecule has 6 heteroatoms. The average Bonchev–Trinajstić information content (AvgIpc) is 3.30. The first kappa shape index (κ1) is 18.3. The highest BCUT2D eigenvalue weighted by atomic mass is 79.9. The molecular formula is C21H24BrN3O2. The predicted molar refractivity (Wildman–Crippen MR) is 110 cm³/mol. The van der Waals surface area contributed by atoms with Crippen LogP contribution in [0.4, 0.5) is 5.69 Å². The van der Waals surface area contributed by atoms with Crippen molar-refractivity contribution in [3.05, 3.63) is 64.1 Å². The number of anilines is 1. The molecule has 2 unspecified atom stereocenters. The number of ether oxygens (including phenoxy) is 1. The standard InChI is InChI=1S/C21H24BrN3O2/c1-4-21(26)25(19-8-13(2)18(22)7-14(19)3)20-6-5-15(10-23-20)24-11-17-9-16(24)12-27-17/h4-8,16-17,23H,1,9-12H2,2-3H3. The number of fused-ring (bicyclic) bond motifs is 2. The summed E-state index contributed by atoms with van der Waals surface area (Å²) in [7, 11) is 0. The molecule has 0 spiro atoms. The third-order valence-electron chi connectivity index (χ3n) is 5.51. The number of nitrogens with zero attached hydrogens (tertiary/aromatic N) is 2. The monoisotopic (exact) mass is 429 g/mol. The first-order chi connectivity index (χ1) is 13.0. The Kier molecular flexibility index (Phi) is 4.86. The van der Waals surface area contributed by atoms with Crippen LogP contribution in [-0.4, -0.2) is 42.6 Å². The van der Waals surface area contributed by atoms with Crippen molar-refractivity contribution in [1.29, 1.82) is 0 Å². The number of benzene rings is 1. The highest BCUT2D eigenvalue weighted by Gasteiger charge is 2.40. The first-order valence-corrected chi connectivity index (χ1v) is 10.0. The molecule has 1 amide bonds. The lowest BCUT2D eigenvalue weighted by Crippen LogP contribution is -2.43. The minimum Gasteiger partial charge on any atom is -0.374 e. The molecule has 2 saturated heterocycles. The van der Waals surface area contributed by atoms with Crippen molar-refractivity contribution in [3.63, 3.8) is 0 Å². The molecule has 0 aromatic heterocycles. The third-order valence-corrected chi connectivity index (χ3v) is 6.36. The summed E-state index contributed by atoms with van der Waals surface area (Å²) in [5.41, 5.74) is 4.22. The Labute approximate surface area is 168 Å². The van der Waals surface area contributed by atoms with Gasteiger partial charge in [0.05, 0.1) is 31.0 Å². The molecule has 5 nitrogen and oxygen atoms in total. The second-order valence-corrected chi connectivity index (χ2v) is 8.18.